The number of nitrogens with zero attached hydrogens (tertiary/aromatic N) is 6. The molecule has 0 N–H and O–H groups in total. The van der Waals surface area contributed by atoms with Gasteiger partial charge in [-0.05, 0) is 307 Å². The first-order valence-electron chi connectivity index (χ1n) is 44.9. The minimum atomic E-state index is -1.66. The van der Waals surface area contributed by atoms with Crippen LogP contribution in [-0.4, -0.2) is 0 Å². The predicted octanol–water partition coefficient (Wildman–Crippen LogP) is 20.7. The number of rotatable bonds is 6. The highest BCUT2D eigenvalue weighted by atomic mass is 15.0. The maximum Gasteiger partial charge on any atom is 0.216 e. The minimum Gasteiger partial charge on any atom is -0.201 e. The van der Waals surface area contributed by atoms with Crippen LogP contribution in [0.4, 0.5) is 0 Å². The van der Waals surface area contributed by atoms with Crippen LogP contribution >= 0.6 is 0 Å². The molecule has 6 heteroatoms. The molecule has 12 aliphatic carbocycles. The van der Waals surface area contributed by atoms with Crippen molar-refractivity contribution in [2.24, 2.45) is 54.1 Å². The maximum absolute atomic E-state index is 8.73. The largest absolute Gasteiger partial charge is 0.216 e. The van der Waals surface area contributed by atoms with Crippen LogP contribution in [0.2, 0.25) is 0 Å². The smallest absolute Gasteiger partial charge is 0.201 e. The molecular formula is C104H116N6+6. The van der Waals surface area contributed by atoms with E-state index in [4.69, 9.17) is 11.0 Å². The van der Waals surface area contributed by atoms with Crippen molar-refractivity contribution < 1.29 is 38.4 Å². The highest BCUT2D eigenvalue weighted by Crippen LogP contribution is 2.55. The average molecular weight is 1460 g/mol. The third kappa shape index (κ3) is 14.3. The molecule has 0 amide bonds. The van der Waals surface area contributed by atoms with E-state index < -0.39 is 19.1 Å². The summed E-state index contributed by atoms with van der Waals surface area (Å²) in [6.45, 7) is 12.8. The molecule has 0 spiro atoms. The Hall–Kier alpha value is -9.78. The summed E-state index contributed by atoms with van der Waals surface area (Å²) in [4.78, 5) is 0. The molecule has 6 heterocycles. The van der Waals surface area contributed by atoms with Gasteiger partial charge in [0.1, 0.15) is 42.3 Å². The van der Waals surface area contributed by atoms with Crippen LogP contribution in [0.15, 0.2) is 219 Å². The topological polar surface area (TPSA) is 23.3 Å². The molecule has 6 aromatic heterocycles. The Morgan fingerprint density at radius 1 is 0.300 bits per heavy atom. The van der Waals surface area contributed by atoms with Gasteiger partial charge in [0, 0.05) is 114 Å². The minimum absolute atomic E-state index is 0.127. The average Bonchev–Trinajstić information content (AvgIpc) is 1.48. The fourth-order valence-corrected chi connectivity index (χ4v) is 20.2. The number of benzene rings is 6. The van der Waals surface area contributed by atoms with Gasteiger partial charge in [0.05, 0.1) is 0 Å². The van der Waals surface area contributed by atoms with Gasteiger partial charge in [0.2, 0.25) is 34.2 Å². The Morgan fingerprint density at radius 3 is 1.21 bits per heavy atom. The van der Waals surface area contributed by atoms with Gasteiger partial charge in [-0.15, -0.1) is 0 Å². The molecule has 556 valence electrons. The molecule has 4 fully saturated rings. The highest BCUT2D eigenvalue weighted by molar-refractivity contribution is 5.69. The van der Waals surface area contributed by atoms with Gasteiger partial charge < -0.3 is 0 Å². The van der Waals surface area contributed by atoms with Crippen LogP contribution in [0.25, 0.3) is 67.5 Å². The fourth-order valence-electron chi connectivity index (χ4n) is 20.2. The van der Waals surface area contributed by atoms with Gasteiger partial charge in [0.15, 0.2) is 37.2 Å². The Kier molecular flexibility index (Phi) is 17.9. The molecule has 110 heavy (non-hydrogen) atoms. The third-order valence-electron chi connectivity index (χ3n) is 26.4. The molecule has 6 nitrogen and oxygen atoms in total. The highest BCUT2D eigenvalue weighted by Gasteiger charge is 2.43. The molecule has 12 aromatic rings. The lowest BCUT2D eigenvalue weighted by atomic mass is 9.63. The van der Waals surface area contributed by atoms with Gasteiger partial charge in [-0.3, -0.25) is 0 Å². The number of fused-ring (bicyclic) bond motifs is 12. The number of hydrogen-bond acceptors (Lipinski definition) is 0. The Bertz CT molecular complexity index is 5840. The molecule has 6 aromatic carbocycles. The molecule has 12 aliphatic rings. The number of aryl methyl sites for hydroxylation is 15. The molecule has 24 rings (SSSR count). The lowest BCUT2D eigenvalue weighted by molar-refractivity contribution is -0.661. The van der Waals surface area contributed by atoms with Crippen LogP contribution in [0.1, 0.15) is 224 Å². The number of hydrogen-bond donors (Lipinski definition) is 0. The Morgan fingerprint density at radius 2 is 0.691 bits per heavy atom. The van der Waals surface area contributed by atoms with Gasteiger partial charge >= 0.3 is 0 Å². The van der Waals surface area contributed by atoms with Crippen molar-refractivity contribution in [2.45, 2.75) is 192 Å². The van der Waals surface area contributed by atoms with E-state index in [2.05, 4.69) is 250 Å². The van der Waals surface area contributed by atoms with Gasteiger partial charge in [-0.25, -0.2) is 27.4 Å². The zero-order chi connectivity index (χ0) is 82.8. The van der Waals surface area contributed by atoms with Crippen molar-refractivity contribution in [2.75, 3.05) is 0 Å². The molecular weight excluding hydrogens is 1330 g/mol. The molecule has 0 radical (unpaired) electrons. The van der Waals surface area contributed by atoms with E-state index in [0.29, 0.717) is 23.5 Å². The SMILES string of the molecule is Cc1ccccc1-c1cc2c(c[n+]1C)C1CCC2C1.Cc1ccccc1-c1cc2c(c[n+]1C)CC1CC2C1.[2H]C1([2H])CC([2H])([2H])c2c1cc[n+](C)c2-c1ccccc1C.[2H]C1([2H])CCc2c[n+](C)c(-c3ccccc3C)cc21.[2H]C12CC(Cc3c[n+](C)c(-c4ccccc4C)cc31)C2.[2H]C12CCC(C1)c1c[n+](C)c(-c3ccccc3C)cc12. The van der Waals surface area contributed by atoms with Crippen molar-refractivity contribution in [3.63, 3.8) is 0 Å². The van der Waals surface area contributed by atoms with Crippen molar-refractivity contribution in [3.05, 3.63) is 319 Å². The van der Waals surface area contributed by atoms with E-state index in [-0.39, 0.29) is 18.2 Å². The van der Waals surface area contributed by atoms with E-state index in [1.165, 1.54) is 146 Å². The van der Waals surface area contributed by atoms with E-state index in [9.17, 15) is 0 Å². The summed E-state index contributed by atoms with van der Waals surface area (Å²) in [5.41, 5.74) is 36.9. The summed E-state index contributed by atoms with van der Waals surface area (Å²) in [7, 11) is 12.5. The first kappa shape index (κ1) is 63.9. The van der Waals surface area contributed by atoms with E-state index in [1.807, 2.05) is 74.2 Å². The zero-order valence-corrected chi connectivity index (χ0v) is 67.0. The van der Waals surface area contributed by atoms with Crippen molar-refractivity contribution in [1.29, 1.82) is 0 Å². The van der Waals surface area contributed by atoms with Gasteiger partial charge in [-0.1, -0.05) is 109 Å². The summed E-state index contributed by atoms with van der Waals surface area (Å²) >= 11 is 0. The van der Waals surface area contributed by atoms with Crippen LogP contribution < -0.4 is 27.4 Å². The fraction of sp³-hybridized carbons (Fsp3) is 0.365. The molecule has 0 aliphatic heterocycles. The second kappa shape index (κ2) is 30.8. The van der Waals surface area contributed by atoms with Gasteiger partial charge in [0.25, 0.3) is 0 Å². The normalized spacial score (nSPS) is 24.4. The van der Waals surface area contributed by atoms with Crippen molar-refractivity contribution in [1.82, 2.24) is 0 Å². The number of aromatic nitrogens is 6. The molecule has 4 unspecified atom stereocenters. The molecule has 4 saturated carbocycles. The first-order chi connectivity index (χ1) is 56.3. The standard InChI is InChI=1S/4C18H20N.2C16H18N/c2*1-12-5-3-4-6-16(12)18-10-17-14-7-13(8-14)9-15(17)11-19(18)2;2*1-12-5-3-4-6-15(12)18-10-16-13-7-8-14(9-13)17(16)11-19(18)2;1-12-6-3-4-9-15(12)16-10-13-7-5-8-14(13)11-17(16)2;1-12-6-3-4-8-14(12)16-15-9-5-7-13(15)10-11-17(16)2/h4*3-6,10-11,13-14H,7-9H2,1-2H3;3-4,6,9-11H,5,7-8H2,1-2H3;3-4,6,8,10-11H,5,7,9H2,1-2H3/q6*+1/i14D;;13D;;7D2;7D2,9D2. The van der Waals surface area contributed by atoms with Gasteiger partial charge in [-0.2, -0.15) is 0 Å². The number of pyridine rings is 6. The Balaban J connectivity index is 0.000000101. The summed E-state index contributed by atoms with van der Waals surface area (Å²) in [6, 6.07) is 63.8. The molecule has 0 saturated heterocycles. The van der Waals surface area contributed by atoms with E-state index >= 15 is 0 Å². The quantitative estimate of drug-likeness (QED) is 0.148. The van der Waals surface area contributed by atoms with Crippen LogP contribution in [0, 0.1) is 53.4 Å². The lowest BCUT2D eigenvalue weighted by Gasteiger charge is -2.41. The third-order valence-corrected chi connectivity index (χ3v) is 26.4. The van der Waals surface area contributed by atoms with Crippen LogP contribution in [0.5, 0.6) is 0 Å². The zero-order valence-electron chi connectivity index (χ0n) is 75.0. The monoisotopic (exact) mass is 1460 g/mol. The second-order valence-corrected chi connectivity index (χ2v) is 33.7. The van der Waals surface area contributed by atoms with Crippen molar-refractivity contribution >= 4 is 0 Å². The summed E-state index contributed by atoms with van der Waals surface area (Å²) in [6.07, 6.45) is 24.9. The lowest BCUT2D eigenvalue weighted by Crippen LogP contribution is -2.37. The van der Waals surface area contributed by atoms with Crippen molar-refractivity contribution in [3.8, 4) is 67.5 Å². The molecule has 4 atom stereocenters. The second-order valence-electron chi connectivity index (χ2n) is 33.7. The summed E-state index contributed by atoms with van der Waals surface area (Å²) in [5.74, 6) is 4.26. The predicted molar refractivity (Wildman–Crippen MR) is 448 cm³/mol. The van der Waals surface area contributed by atoms with E-state index in [1.54, 1.807) is 28.3 Å². The first-order valence-corrected chi connectivity index (χ1v) is 40.9. The van der Waals surface area contributed by atoms with Crippen LogP contribution in [-0.2, 0) is 80.7 Å². The summed E-state index contributed by atoms with van der Waals surface area (Å²) in [5, 5.41) is 0. The molecule has 8 bridgehead atoms. The Labute approximate surface area is 668 Å². The summed E-state index contributed by atoms with van der Waals surface area (Å²) < 4.78 is 79.5. The van der Waals surface area contributed by atoms with Crippen LogP contribution in [0.3, 0.4) is 0 Å². The van der Waals surface area contributed by atoms with E-state index in [0.717, 1.165) is 102 Å². The maximum atomic E-state index is 8.73.